The summed E-state index contributed by atoms with van der Waals surface area (Å²) in [6.45, 7) is 5.87. The molecule has 86 valence electrons. The highest BCUT2D eigenvalue weighted by Gasteiger charge is 2.21. The van der Waals surface area contributed by atoms with Crippen LogP contribution in [0.4, 0.5) is 5.82 Å². The number of carbonyl (C=O) groups is 1. The molecule has 0 atom stereocenters. The number of amides is 1. The summed E-state index contributed by atoms with van der Waals surface area (Å²) in [5.41, 5.74) is 0.675. The number of rotatable bonds is 3. The third-order valence-corrected chi connectivity index (χ3v) is 2.59. The first-order valence-corrected chi connectivity index (χ1v) is 5.68. The summed E-state index contributed by atoms with van der Waals surface area (Å²) in [7, 11) is 0. The molecule has 2 heterocycles. The van der Waals surface area contributed by atoms with Crippen LogP contribution < -0.4 is 5.32 Å². The number of likely N-dealkylation sites (tertiary alicyclic amines) is 1. The summed E-state index contributed by atoms with van der Waals surface area (Å²) in [5.74, 6) is 0.907. The van der Waals surface area contributed by atoms with E-state index in [1.807, 2.05) is 17.0 Å². The molecule has 1 aliphatic heterocycles. The van der Waals surface area contributed by atoms with E-state index in [4.69, 9.17) is 0 Å². The van der Waals surface area contributed by atoms with Crippen molar-refractivity contribution in [2.75, 3.05) is 18.4 Å². The highest BCUT2D eigenvalue weighted by atomic mass is 16.2. The van der Waals surface area contributed by atoms with Gasteiger partial charge in [-0.15, -0.1) is 0 Å². The third-order valence-electron chi connectivity index (χ3n) is 2.59. The van der Waals surface area contributed by atoms with E-state index in [2.05, 4.69) is 24.1 Å². The molecule has 0 saturated carbocycles. The van der Waals surface area contributed by atoms with Gasteiger partial charge in [0.15, 0.2) is 0 Å². The lowest BCUT2D eigenvalue weighted by Crippen LogP contribution is -2.42. The van der Waals surface area contributed by atoms with E-state index in [0.29, 0.717) is 11.6 Å². The van der Waals surface area contributed by atoms with Crippen LogP contribution in [0.15, 0.2) is 18.3 Å². The Hall–Kier alpha value is -1.58. The fourth-order valence-corrected chi connectivity index (χ4v) is 1.60. The van der Waals surface area contributed by atoms with Crippen LogP contribution in [0.2, 0.25) is 0 Å². The minimum absolute atomic E-state index is 0.0925. The van der Waals surface area contributed by atoms with Crippen molar-refractivity contribution in [1.29, 1.82) is 0 Å². The van der Waals surface area contributed by atoms with E-state index in [0.717, 1.165) is 25.3 Å². The zero-order valence-corrected chi connectivity index (χ0v) is 9.73. The summed E-state index contributed by atoms with van der Waals surface area (Å²) in [6, 6.07) is 4.04. The first-order valence-electron chi connectivity index (χ1n) is 5.68. The fourth-order valence-electron chi connectivity index (χ4n) is 1.60. The average Bonchev–Trinajstić information content (AvgIpc) is 2.15. The first-order chi connectivity index (χ1) is 7.66. The van der Waals surface area contributed by atoms with Crippen LogP contribution in [0.3, 0.4) is 0 Å². The standard InChI is InChI=1S/C12H17N3O/c1-9(2)14-11-5-4-10(8-13-11)12(16)15-6-3-7-15/h4-5,8-9H,3,6-7H2,1-2H3,(H,13,14). The van der Waals surface area contributed by atoms with Crippen LogP contribution in [0.1, 0.15) is 30.6 Å². The van der Waals surface area contributed by atoms with Gasteiger partial charge in [-0.25, -0.2) is 4.98 Å². The van der Waals surface area contributed by atoms with Crippen molar-refractivity contribution in [1.82, 2.24) is 9.88 Å². The summed E-state index contributed by atoms with van der Waals surface area (Å²) in [5, 5.41) is 3.19. The van der Waals surface area contributed by atoms with Crippen LogP contribution >= 0.6 is 0 Å². The molecule has 16 heavy (non-hydrogen) atoms. The molecule has 1 fully saturated rings. The van der Waals surface area contributed by atoms with Gasteiger partial charge in [-0.2, -0.15) is 0 Å². The number of aromatic nitrogens is 1. The topological polar surface area (TPSA) is 45.2 Å². The van der Waals surface area contributed by atoms with Gasteiger partial charge in [0.2, 0.25) is 0 Å². The Morgan fingerprint density at radius 3 is 2.62 bits per heavy atom. The molecular weight excluding hydrogens is 202 g/mol. The van der Waals surface area contributed by atoms with Crippen molar-refractivity contribution >= 4 is 11.7 Å². The molecule has 1 aromatic rings. The number of nitrogens with zero attached hydrogens (tertiary/aromatic N) is 2. The van der Waals surface area contributed by atoms with Gasteiger partial charge in [-0.05, 0) is 32.4 Å². The zero-order chi connectivity index (χ0) is 11.5. The predicted molar refractivity (Wildman–Crippen MR) is 63.5 cm³/mol. The van der Waals surface area contributed by atoms with E-state index >= 15 is 0 Å². The van der Waals surface area contributed by atoms with E-state index in [1.165, 1.54) is 0 Å². The SMILES string of the molecule is CC(C)Nc1ccc(C(=O)N2CCC2)cn1. The number of hydrogen-bond donors (Lipinski definition) is 1. The van der Waals surface area contributed by atoms with Crippen LogP contribution in [-0.4, -0.2) is 34.9 Å². The maximum atomic E-state index is 11.8. The fraction of sp³-hybridized carbons (Fsp3) is 0.500. The Labute approximate surface area is 95.7 Å². The Kier molecular flexibility index (Phi) is 3.08. The molecule has 0 aliphatic carbocycles. The van der Waals surface area contributed by atoms with Crippen molar-refractivity contribution in [3.05, 3.63) is 23.9 Å². The molecule has 0 radical (unpaired) electrons. The highest BCUT2D eigenvalue weighted by Crippen LogP contribution is 2.13. The number of hydrogen-bond acceptors (Lipinski definition) is 3. The molecule has 2 rings (SSSR count). The molecule has 0 bridgehead atoms. The maximum Gasteiger partial charge on any atom is 0.255 e. The molecule has 0 aromatic carbocycles. The molecular formula is C12H17N3O. The quantitative estimate of drug-likeness (QED) is 0.842. The Morgan fingerprint density at radius 2 is 2.19 bits per heavy atom. The van der Waals surface area contributed by atoms with E-state index < -0.39 is 0 Å². The lowest BCUT2D eigenvalue weighted by Gasteiger charge is -2.30. The lowest BCUT2D eigenvalue weighted by atomic mass is 10.1. The van der Waals surface area contributed by atoms with Gasteiger partial charge in [0, 0.05) is 25.3 Å². The molecule has 1 amide bonds. The van der Waals surface area contributed by atoms with Crippen LogP contribution in [0.5, 0.6) is 0 Å². The van der Waals surface area contributed by atoms with Crippen molar-refractivity contribution in [3.63, 3.8) is 0 Å². The molecule has 4 nitrogen and oxygen atoms in total. The summed E-state index contributed by atoms with van der Waals surface area (Å²) < 4.78 is 0. The number of anilines is 1. The van der Waals surface area contributed by atoms with Gasteiger partial charge >= 0.3 is 0 Å². The van der Waals surface area contributed by atoms with Crippen molar-refractivity contribution in [2.45, 2.75) is 26.3 Å². The van der Waals surface area contributed by atoms with Gasteiger partial charge in [-0.3, -0.25) is 4.79 Å². The Balaban J connectivity index is 2.03. The number of carbonyl (C=O) groups excluding carboxylic acids is 1. The summed E-state index contributed by atoms with van der Waals surface area (Å²) in [6.07, 6.45) is 2.76. The normalized spacial score (nSPS) is 14.8. The smallest absolute Gasteiger partial charge is 0.255 e. The van der Waals surface area contributed by atoms with Crippen molar-refractivity contribution in [2.24, 2.45) is 0 Å². The number of nitrogens with one attached hydrogen (secondary N) is 1. The summed E-state index contributed by atoms with van der Waals surface area (Å²) in [4.78, 5) is 17.9. The second-order valence-corrected chi connectivity index (χ2v) is 4.38. The van der Waals surface area contributed by atoms with Crippen LogP contribution in [0.25, 0.3) is 0 Å². The van der Waals surface area contributed by atoms with Crippen LogP contribution in [0, 0.1) is 0 Å². The minimum Gasteiger partial charge on any atom is -0.368 e. The predicted octanol–water partition coefficient (Wildman–Crippen LogP) is 1.75. The number of pyridine rings is 1. The second-order valence-electron chi connectivity index (χ2n) is 4.38. The van der Waals surface area contributed by atoms with E-state index in [9.17, 15) is 4.79 Å². The van der Waals surface area contributed by atoms with Gasteiger partial charge in [0.05, 0.1) is 5.56 Å². The van der Waals surface area contributed by atoms with Gasteiger partial charge < -0.3 is 10.2 Å². The first kappa shape index (κ1) is 10.9. The monoisotopic (exact) mass is 219 g/mol. The third kappa shape index (κ3) is 2.32. The molecule has 0 unspecified atom stereocenters. The van der Waals surface area contributed by atoms with E-state index in [1.54, 1.807) is 6.20 Å². The Morgan fingerprint density at radius 1 is 1.44 bits per heavy atom. The maximum absolute atomic E-state index is 11.8. The minimum atomic E-state index is 0.0925. The van der Waals surface area contributed by atoms with Crippen molar-refractivity contribution < 1.29 is 4.79 Å². The zero-order valence-electron chi connectivity index (χ0n) is 9.73. The second kappa shape index (κ2) is 4.51. The largest absolute Gasteiger partial charge is 0.368 e. The molecule has 4 heteroatoms. The van der Waals surface area contributed by atoms with E-state index in [-0.39, 0.29) is 5.91 Å². The molecule has 1 N–H and O–H groups in total. The van der Waals surface area contributed by atoms with Crippen molar-refractivity contribution in [3.8, 4) is 0 Å². The lowest BCUT2D eigenvalue weighted by molar-refractivity contribution is 0.0651. The molecule has 1 aromatic heterocycles. The molecule has 1 saturated heterocycles. The highest BCUT2D eigenvalue weighted by molar-refractivity contribution is 5.94. The van der Waals surface area contributed by atoms with Crippen LogP contribution in [-0.2, 0) is 0 Å². The average molecular weight is 219 g/mol. The van der Waals surface area contributed by atoms with Gasteiger partial charge in [-0.1, -0.05) is 0 Å². The molecule has 1 aliphatic rings. The molecule has 0 spiro atoms. The Bertz CT molecular complexity index is 368. The summed E-state index contributed by atoms with van der Waals surface area (Å²) >= 11 is 0. The van der Waals surface area contributed by atoms with Gasteiger partial charge in [0.25, 0.3) is 5.91 Å². The van der Waals surface area contributed by atoms with Gasteiger partial charge in [0.1, 0.15) is 5.82 Å².